The second-order valence-electron chi connectivity index (χ2n) is 2.56. The van der Waals surface area contributed by atoms with Crippen molar-refractivity contribution in [3.8, 4) is 0 Å². The number of rotatable bonds is 3. The molecule has 1 N–H and O–H groups in total. The largest absolute Gasteiger partial charge is 0.467 e. The summed E-state index contributed by atoms with van der Waals surface area (Å²) in [5.41, 5.74) is 0.667. The third-order valence-corrected chi connectivity index (χ3v) is 1.60. The third-order valence-electron chi connectivity index (χ3n) is 1.60. The van der Waals surface area contributed by atoms with Crippen LogP contribution in [0.25, 0.3) is 0 Å². The van der Waals surface area contributed by atoms with E-state index in [1.165, 1.54) is 7.11 Å². The zero-order valence-electron chi connectivity index (χ0n) is 7.30. The van der Waals surface area contributed by atoms with Crippen LogP contribution in [0.15, 0.2) is 24.4 Å². The fourth-order valence-corrected chi connectivity index (χ4v) is 0.936. The van der Waals surface area contributed by atoms with Crippen LogP contribution in [0.4, 0.5) is 0 Å². The number of carbonyl (C=O) groups excluding carboxylic acids is 1. The lowest BCUT2D eigenvalue weighted by Crippen LogP contribution is -2.24. The molecule has 0 aliphatic rings. The standard InChI is InChI=1S/C9H11NO3/c1-13-9(12)8(11)6-7-4-2-3-5-10-7/h2-5,8,11H,6H2,1H3. The highest BCUT2D eigenvalue weighted by atomic mass is 16.5. The van der Waals surface area contributed by atoms with E-state index in [2.05, 4.69) is 9.72 Å². The Morgan fingerprint density at radius 2 is 2.46 bits per heavy atom. The van der Waals surface area contributed by atoms with E-state index in [-0.39, 0.29) is 6.42 Å². The summed E-state index contributed by atoms with van der Waals surface area (Å²) in [5, 5.41) is 9.26. The molecule has 0 aromatic carbocycles. The molecule has 4 heteroatoms. The number of carbonyl (C=O) groups is 1. The topological polar surface area (TPSA) is 59.4 Å². The molecule has 4 nitrogen and oxygen atoms in total. The molecular formula is C9H11NO3. The summed E-state index contributed by atoms with van der Waals surface area (Å²) in [7, 11) is 1.24. The van der Waals surface area contributed by atoms with Crippen molar-refractivity contribution in [1.82, 2.24) is 4.98 Å². The maximum absolute atomic E-state index is 10.8. The average Bonchev–Trinajstić information content (AvgIpc) is 2.18. The lowest BCUT2D eigenvalue weighted by molar-refractivity contribution is -0.150. The average molecular weight is 181 g/mol. The Bertz CT molecular complexity index is 273. The molecule has 1 atom stereocenters. The fraction of sp³-hybridized carbons (Fsp3) is 0.333. The van der Waals surface area contributed by atoms with Crippen LogP contribution in [0, 0.1) is 0 Å². The van der Waals surface area contributed by atoms with Crippen molar-refractivity contribution in [1.29, 1.82) is 0 Å². The highest BCUT2D eigenvalue weighted by Crippen LogP contribution is 2.00. The predicted octanol–water partition coefficient (Wildman–Crippen LogP) is 0.158. The Hall–Kier alpha value is -1.42. The van der Waals surface area contributed by atoms with E-state index in [0.29, 0.717) is 5.69 Å². The van der Waals surface area contributed by atoms with Crippen molar-refractivity contribution in [2.24, 2.45) is 0 Å². The maximum atomic E-state index is 10.8. The SMILES string of the molecule is COC(=O)C(O)Cc1ccccn1. The molecule has 0 saturated heterocycles. The quantitative estimate of drug-likeness (QED) is 0.675. The van der Waals surface area contributed by atoms with Gasteiger partial charge in [-0.05, 0) is 12.1 Å². The van der Waals surface area contributed by atoms with Gasteiger partial charge in [0.2, 0.25) is 0 Å². The van der Waals surface area contributed by atoms with Crippen molar-refractivity contribution in [3.05, 3.63) is 30.1 Å². The highest BCUT2D eigenvalue weighted by molar-refractivity contribution is 5.74. The molecule has 1 aromatic heterocycles. The van der Waals surface area contributed by atoms with E-state index in [0.717, 1.165) is 0 Å². The van der Waals surface area contributed by atoms with Gasteiger partial charge in [0.05, 0.1) is 7.11 Å². The zero-order chi connectivity index (χ0) is 9.68. The molecule has 0 aliphatic carbocycles. The van der Waals surface area contributed by atoms with Gasteiger partial charge in [-0.3, -0.25) is 4.98 Å². The predicted molar refractivity (Wildman–Crippen MR) is 46.0 cm³/mol. The van der Waals surface area contributed by atoms with Crippen molar-refractivity contribution in [2.75, 3.05) is 7.11 Å². The van der Waals surface area contributed by atoms with Gasteiger partial charge < -0.3 is 9.84 Å². The van der Waals surface area contributed by atoms with Gasteiger partial charge in [0.25, 0.3) is 0 Å². The van der Waals surface area contributed by atoms with Crippen LogP contribution in [0.2, 0.25) is 0 Å². The summed E-state index contributed by atoms with van der Waals surface area (Å²) in [6.07, 6.45) is 0.673. The van der Waals surface area contributed by atoms with Gasteiger partial charge in [-0.15, -0.1) is 0 Å². The summed E-state index contributed by atoms with van der Waals surface area (Å²) in [6, 6.07) is 5.31. The van der Waals surface area contributed by atoms with Crippen LogP contribution in [-0.4, -0.2) is 29.3 Å². The Labute approximate surface area is 76.2 Å². The first-order chi connectivity index (χ1) is 6.24. The molecule has 0 fully saturated rings. The molecule has 0 amide bonds. The van der Waals surface area contributed by atoms with Gasteiger partial charge in [-0.1, -0.05) is 6.07 Å². The first-order valence-corrected chi connectivity index (χ1v) is 3.90. The lowest BCUT2D eigenvalue weighted by atomic mass is 10.2. The minimum absolute atomic E-state index is 0.188. The van der Waals surface area contributed by atoms with Crippen molar-refractivity contribution >= 4 is 5.97 Å². The number of pyridine rings is 1. The van der Waals surface area contributed by atoms with Gasteiger partial charge >= 0.3 is 5.97 Å². The van der Waals surface area contributed by atoms with E-state index in [4.69, 9.17) is 0 Å². The monoisotopic (exact) mass is 181 g/mol. The lowest BCUT2D eigenvalue weighted by Gasteiger charge is -2.06. The molecule has 0 radical (unpaired) electrons. The molecule has 0 bridgehead atoms. The first kappa shape index (κ1) is 9.67. The molecule has 0 saturated carbocycles. The number of ether oxygens (including phenoxy) is 1. The van der Waals surface area contributed by atoms with E-state index < -0.39 is 12.1 Å². The van der Waals surface area contributed by atoms with Crippen molar-refractivity contribution in [3.63, 3.8) is 0 Å². The third kappa shape index (κ3) is 2.83. The van der Waals surface area contributed by atoms with Gasteiger partial charge in [0.1, 0.15) is 0 Å². The number of nitrogens with zero attached hydrogens (tertiary/aromatic N) is 1. The van der Waals surface area contributed by atoms with Crippen molar-refractivity contribution in [2.45, 2.75) is 12.5 Å². The molecule has 1 unspecified atom stereocenters. The molecule has 1 heterocycles. The zero-order valence-corrected chi connectivity index (χ0v) is 7.30. The summed E-state index contributed by atoms with van der Waals surface area (Å²) < 4.78 is 4.37. The molecule has 0 spiro atoms. The minimum Gasteiger partial charge on any atom is -0.467 e. The second kappa shape index (κ2) is 4.57. The van der Waals surface area contributed by atoms with E-state index in [1.54, 1.807) is 24.4 Å². The highest BCUT2D eigenvalue weighted by Gasteiger charge is 2.15. The number of aliphatic hydroxyl groups is 1. The number of hydrogen-bond acceptors (Lipinski definition) is 4. The first-order valence-electron chi connectivity index (χ1n) is 3.90. The van der Waals surface area contributed by atoms with Gasteiger partial charge in [0, 0.05) is 18.3 Å². The second-order valence-corrected chi connectivity index (χ2v) is 2.56. The van der Waals surface area contributed by atoms with Crippen LogP contribution >= 0.6 is 0 Å². The smallest absolute Gasteiger partial charge is 0.335 e. The summed E-state index contributed by atoms with van der Waals surface area (Å²) >= 11 is 0. The van der Waals surface area contributed by atoms with Crippen LogP contribution in [0.1, 0.15) is 5.69 Å². The van der Waals surface area contributed by atoms with Crippen LogP contribution < -0.4 is 0 Å². The number of aliphatic hydroxyl groups excluding tert-OH is 1. The Balaban J connectivity index is 2.55. The molecular weight excluding hydrogens is 170 g/mol. The molecule has 70 valence electrons. The molecule has 1 rings (SSSR count). The van der Waals surface area contributed by atoms with Crippen LogP contribution in [0.3, 0.4) is 0 Å². The molecule has 13 heavy (non-hydrogen) atoms. The number of methoxy groups -OCH3 is 1. The molecule has 1 aromatic rings. The normalized spacial score (nSPS) is 12.2. The van der Waals surface area contributed by atoms with E-state index in [9.17, 15) is 9.90 Å². The summed E-state index contributed by atoms with van der Waals surface area (Å²) in [4.78, 5) is 14.8. The number of aromatic nitrogens is 1. The number of esters is 1. The van der Waals surface area contributed by atoms with Gasteiger partial charge in [0.15, 0.2) is 6.10 Å². The number of hydrogen-bond donors (Lipinski definition) is 1. The van der Waals surface area contributed by atoms with Crippen molar-refractivity contribution < 1.29 is 14.6 Å². The maximum Gasteiger partial charge on any atom is 0.335 e. The Morgan fingerprint density at radius 1 is 1.69 bits per heavy atom. The van der Waals surface area contributed by atoms with E-state index >= 15 is 0 Å². The van der Waals surface area contributed by atoms with Gasteiger partial charge in [-0.25, -0.2) is 4.79 Å². The summed E-state index contributed by atoms with van der Waals surface area (Å²) in [5.74, 6) is -0.634. The Morgan fingerprint density at radius 3 is 3.00 bits per heavy atom. The van der Waals surface area contributed by atoms with E-state index in [1.807, 2.05) is 0 Å². The van der Waals surface area contributed by atoms with Gasteiger partial charge in [-0.2, -0.15) is 0 Å². The van der Waals surface area contributed by atoms with Crippen LogP contribution in [-0.2, 0) is 16.0 Å². The molecule has 0 aliphatic heterocycles. The fourth-order valence-electron chi connectivity index (χ4n) is 0.936. The Kier molecular flexibility index (Phi) is 3.40. The minimum atomic E-state index is -1.13. The summed E-state index contributed by atoms with van der Waals surface area (Å²) in [6.45, 7) is 0. The van der Waals surface area contributed by atoms with Crippen LogP contribution in [0.5, 0.6) is 0 Å².